The van der Waals surface area contributed by atoms with E-state index in [0.29, 0.717) is 11.5 Å². The number of thioether (sulfide) groups is 1. The van der Waals surface area contributed by atoms with Crippen molar-refractivity contribution in [2.75, 3.05) is 28.0 Å². The highest BCUT2D eigenvalue weighted by Crippen LogP contribution is 2.34. The zero-order valence-corrected chi connectivity index (χ0v) is 15.3. The van der Waals surface area contributed by atoms with Crippen molar-refractivity contribution in [1.82, 2.24) is 4.90 Å². The number of hydrogen-bond acceptors (Lipinski definition) is 7. The fourth-order valence-corrected chi connectivity index (χ4v) is 2.51. The molecule has 0 N–H and O–H groups in total. The lowest BCUT2D eigenvalue weighted by molar-refractivity contribution is -0.386. The summed E-state index contributed by atoms with van der Waals surface area (Å²) in [5.41, 5.74) is -0.177. The van der Waals surface area contributed by atoms with Gasteiger partial charge in [-0.2, -0.15) is 0 Å². The maximum absolute atomic E-state index is 11.7. The van der Waals surface area contributed by atoms with Gasteiger partial charge in [-0.3, -0.25) is 14.9 Å². The smallest absolute Gasteiger partial charge is 0.311 e. The molecule has 0 unspecified atom stereocenters. The van der Waals surface area contributed by atoms with Crippen LogP contribution >= 0.6 is 11.8 Å². The van der Waals surface area contributed by atoms with Crippen molar-refractivity contribution < 1.29 is 23.9 Å². The summed E-state index contributed by atoms with van der Waals surface area (Å²) in [6.07, 6.45) is 0. The molecule has 0 heterocycles. The maximum atomic E-state index is 11.7. The molecular formula is C17H18N2O6S. The minimum atomic E-state index is -0.539. The van der Waals surface area contributed by atoms with E-state index in [-0.39, 0.29) is 23.5 Å². The Kier molecular flexibility index (Phi) is 6.81. The molecule has 1 amide bonds. The first-order valence-corrected chi connectivity index (χ1v) is 8.29. The SMILES string of the molecule is COCOc1cc(Oc2ccc(SC(=O)N(C)C)cc2)ccc1[N+](=O)[O-]. The van der Waals surface area contributed by atoms with Gasteiger partial charge in [0, 0.05) is 38.2 Å². The second-order valence-electron chi connectivity index (χ2n) is 5.27. The molecule has 0 fully saturated rings. The number of hydrogen-bond donors (Lipinski definition) is 0. The third-order valence-corrected chi connectivity index (χ3v) is 4.14. The van der Waals surface area contributed by atoms with Crippen LogP contribution in [-0.2, 0) is 4.74 Å². The summed E-state index contributed by atoms with van der Waals surface area (Å²) in [4.78, 5) is 24.5. The highest BCUT2D eigenvalue weighted by Gasteiger charge is 2.16. The predicted molar refractivity (Wildman–Crippen MR) is 97.1 cm³/mol. The Morgan fingerprint density at radius 1 is 1.15 bits per heavy atom. The van der Waals surface area contributed by atoms with E-state index in [1.807, 2.05) is 0 Å². The van der Waals surface area contributed by atoms with Crippen LogP contribution < -0.4 is 9.47 Å². The lowest BCUT2D eigenvalue weighted by atomic mass is 10.2. The molecule has 138 valence electrons. The summed E-state index contributed by atoms with van der Waals surface area (Å²) in [6, 6.07) is 11.2. The predicted octanol–water partition coefficient (Wildman–Crippen LogP) is 4.14. The van der Waals surface area contributed by atoms with Crippen molar-refractivity contribution in [3.8, 4) is 17.2 Å². The molecule has 2 rings (SSSR count). The average molecular weight is 378 g/mol. The quantitative estimate of drug-likeness (QED) is 0.309. The van der Waals surface area contributed by atoms with Crippen LogP contribution in [0.3, 0.4) is 0 Å². The van der Waals surface area contributed by atoms with Gasteiger partial charge in [-0.25, -0.2) is 0 Å². The third-order valence-electron chi connectivity index (χ3n) is 3.09. The summed E-state index contributed by atoms with van der Waals surface area (Å²) in [5, 5.41) is 11.0. The first kappa shape index (κ1) is 19.5. The number of benzene rings is 2. The lowest BCUT2D eigenvalue weighted by Crippen LogP contribution is -2.15. The molecule has 0 aromatic heterocycles. The summed E-state index contributed by atoms with van der Waals surface area (Å²) >= 11 is 1.11. The number of methoxy groups -OCH3 is 1. The van der Waals surface area contributed by atoms with Gasteiger partial charge in [0.1, 0.15) is 11.5 Å². The monoisotopic (exact) mass is 378 g/mol. The Labute approximate surface area is 154 Å². The number of carbonyl (C=O) groups excluding carboxylic acids is 1. The van der Waals surface area contributed by atoms with Crippen molar-refractivity contribution in [1.29, 1.82) is 0 Å². The van der Waals surface area contributed by atoms with Crippen LogP contribution in [-0.4, -0.2) is 43.1 Å². The van der Waals surface area contributed by atoms with Gasteiger partial charge in [0.15, 0.2) is 6.79 Å². The molecule has 0 bridgehead atoms. The van der Waals surface area contributed by atoms with E-state index < -0.39 is 4.92 Å². The fraction of sp³-hybridized carbons (Fsp3) is 0.235. The van der Waals surface area contributed by atoms with Gasteiger partial charge in [-0.1, -0.05) is 0 Å². The number of ether oxygens (including phenoxy) is 3. The van der Waals surface area contributed by atoms with Gasteiger partial charge < -0.3 is 19.1 Å². The van der Waals surface area contributed by atoms with E-state index in [1.165, 1.54) is 30.2 Å². The average Bonchev–Trinajstić information content (AvgIpc) is 2.61. The summed E-state index contributed by atoms with van der Waals surface area (Å²) in [5.74, 6) is 0.961. The summed E-state index contributed by atoms with van der Waals surface area (Å²) in [7, 11) is 4.79. The van der Waals surface area contributed by atoms with Crippen LogP contribution in [0.4, 0.5) is 10.5 Å². The van der Waals surface area contributed by atoms with Gasteiger partial charge >= 0.3 is 5.69 Å². The second-order valence-corrected chi connectivity index (χ2v) is 6.30. The van der Waals surface area contributed by atoms with Crippen LogP contribution in [0.1, 0.15) is 0 Å². The van der Waals surface area contributed by atoms with Crippen molar-refractivity contribution in [3.63, 3.8) is 0 Å². The minimum absolute atomic E-state index is 0.0538. The van der Waals surface area contributed by atoms with Crippen molar-refractivity contribution in [3.05, 3.63) is 52.6 Å². The van der Waals surface area contributed by atoms with Crippen LogP contribution in [0.5, 0.6) is 17.2 Å². The number of nitro benzene ring substituents is 1. The van der Waals surface area contributed by atoms with E-state index in [9.17, 15) is 14.9 Å². The molecule has 0 spiro atoms. The Hall–Kier alpha value is -2.78. The number of nitrogens with zero attached hydrogens (tertiary/aromatic N) is 2. The summed E-state index contributed by atoms with van der Waals surface area (Å²) < 4.78 is 15.7. The molecule has 2 aromatic carbocycles. The maximum Gasteiger partial charge on any atom is 0.311 e. The van der Waals surface area contributed by atoms with Crippen LogP contribution in [0.2, 0.25) is 0 Å². The molecule has 9 heteroatoms. The molecule has 0 aliphatic carbocycles. The Morgan fingerprint density at radius 2 is 1.81 bits per heavy atom. The normalized spacial score (nSPS) is 10.3. The van der Waals surface area contributed by atoms with E-state index in [1.54, 1.807) is 38.4 Å². The lowest BCUT2D eigenvalue weighted by Gasteiger charge is -2.11. The van der Waals surface area contributed by atoms with Crippen LogP contribution in [0.15, 0.2) is 47.4 Å². The van der Waals surface area contributed by atoms with Gasteiger partial charge in [0.05, 0.1) is 4.92 Å². The Balaban J connectivity index is 2.12. The zero-order valence-electron chi connectivity index (χ0n) is 14.5. The van der Waals surface area contributed by atoms with Gasteiger partial charge in [0.25, 0.3) is 5.24 Å². The largest absolute Gasteiger partial charge is 0.460 e. The number of amides is 1. The molecule has 0 aliphatic heterocycles. The van der Waals surface area contributed by atoms with E-state index in [0.717, 1.165) is 16.7 Å². The van der Waals surface area contributed by atoms with Gasteiger partial charge in [0.2, 0.25) is 5.75 Å². The standard InChI is InChI=1S/C17H18N2O6S/c1-18(2)17(20)26-14-7-4-12(5-8-14)25-13-6-9-15(19(21)22)16(10-13)24-11-23-3/h4-10H,11H2,1-3H3. The Morgan fingerprint density at radius 3 is 2.38 bits per heavy atom. The van der Waals surface area contributed by atoms with Crippen molar-refractivity contribution in [2.24, 2.45) is 0 Å². The number of rotatable bonds is 7. The first-order valence-electron chi connectivity index (χ1n) is 7.48. The fourth-order valence-electron chi connectivity index (χ4n) is 1.85. The van der Waals surface area contributed by atoms with Crippen LogP contribution in [0.25, 0.3) is 0 Å². The first-order chi connectivity index (χ1) is 12.4. The molecule has 0 radical (unpaired) electrons. The summed E-state index contributed by atoms with van der Waals surface area (Å²) in [6.45, 7) is -0.115. The molecular weight excluding hydrogens is 360 g/mol. The highest BCUT2D eigenvalue weighted by molar-refractivity contribution is 8.13. The van der Waals surface area contributed by atoms with Crippen LogP contribution in [0, 0.1) is 10.1 Å². The van der Waals surface area contributed by atoms with E-state index >= 15 is 0 Å². The minimum Gasteiger partial charge on any atom is -0.460 e. The highest BCUT2D eigenvalue weighted by atomic mass is 32.2. The molecule has 0 atom stereocenters. The van der Waals surface area contributed by atoms with Crippen molar-refractivity contribution in [2.45, 2.75) is 4.90 Å². The molecule has 8 nitrogen and oxygen atoms in total. The topological polar surface area (TPSA) is 91.1 Å². The van der Waals surface area contributed by atoms with E-state index in [4.69, 9.17) is 14.2 Å². The number of carbonyl (C=O) groups is 1. The zero-order chi connectivity index (χ0) is 19.1. The molecule has 26 heavy (non-hydrogen) atoms. The molecule has 0 saturated carbocycles. The molecule has 2 aromatic rings. The Bertz CT molecular complexity index is 779. The molecule has 0 saturated heterocycles. The van der Waals surface area contributed by atoms with Gasteiger partial charge in [-0.15, -0.1) is 0 Å². The van der Waals surface area contributed by atoms with E-state index in [2.05, 4.69) is 0 Å². The van der Waals surface area contributed by atoms with Crippen molar-refractivity contribution >= 4 is 22.7 Å². The third kappa shape index (κ3) is 5.36. The molecule has 0 aliphatic rings. The van der Waals surface area contributed by atoms with Gasteiger partial charge in [-0.05, 0) is 42.1 Å². The number of nitro groups is 1. The second kappa shape index (κ2) is 9.07.